The summed E-state index contributed by atoms with van der Waals surface area (Å²) < 4.78 is 15.5. The van der Waals surface area contributed by atoms with E-state index in [2.05, 4.69) is 37.1 Å². The van der Waals surface area contributed by atoms with E-state index in [-0.39, 0.29) is 0 Å². The summed E-state index contributed by atoms with van der Waals surface area (Å²) in [5, 5.41) is 0. The van der Waals surface area contributed by atoms with Crippen LogP contribution in [0.2, 0.25) is 0 Å². The van der Waals surface area contributed by atoms with Crippen molar-refractivity contribution in [3.8, 4) is 11.5 Å². The molecule has 0 radical (unpaired) electrons. The third kappa shape index (κ3) is 3.55. The van der Waals surface area contributed by atoms with Crippen molar-refractivity contribution in [3.63, 3.8) is 0 Å². The zero-order valence-electron chi connectivity index (χ0n) is 14.2. The third-order valence-corrected chi connectivity index (χ3v) is 8.13. The van der Waals surface area contributed by atoms with Crippen LogP contribution in [0.15, 0.2) is 22.0 Å². The van der Waals surface area contributed by atoms with Crippen molar-refractivity contribution in [2.24, 2.45) is 10.9 Å². The first-order valence-electron chi connectivity index (χ1n) is 7.38. The zero-order valence-corrected chi connectivity index (χ0v) is 15.9. The summed E-state index contributed by atoms with van der Waals surface area (Å²) in [6.07, 6.45) is 5.71. The molecular formula is C16H26N2O2S2. The topological polar surface area (TPSA) is 42.9 Å². The van der Waals surface area contributed by atoms with Crippen molar-refractivity contribution in [2.75, 3.05) is 33.3 Å². The average Bonchev–Trinajstić information content (AvgIpc) is 2.73. The number of hydrogen-bond acceptors (Lipinski definition) is 5. The van der Waals surface area contributed by atoms with E-state index in [9.17, 15) is 0 Å². The smallest absolute Gasteiger partial charge is 0.149 e. The molecule has 1 aromatic carbocycles. The van der Waals surface area contributed by atoms with Gasteiger partial charge in [0.1, 0.15) is 21.6 Å². The summed E-state index contributed by atoms with van der Waals surface area (Å²) in [6, 6.07) is 4.00. The molecule has 0 unspecified atom stereocenters. The molecule has 1 aromatic rings. The van der Waals surface area contributed by atoms with Crippen LogP contribution < -0.4 is 14.2 Å². The lowest BCUT2D eigenvalue weighted by molar-refractivity contribution is 0.393. The second-order valence-corrected chi connectivity index (χ2v) is 10.7. The summed E-state index contributed by atoms with van der Waals surface area (Å²) in [4.78, 5) is 6.07. The molecule has 6 heteroatoms. The fourth-order valence-corrected chi connectivity index (χ4v) is 5.53. The van der Waals surface area contributed by atoms with Crippen molar-refractivity contribution in [1.29, 1.82) is 0 Å². The second-order valence-electron chi connectivity index (χ2n) is 6.06. The summed E-state index contributed by atoms with van der Waals surface area (Å²) in [5.74, 6) is 2.32. The standard InChI is InChI=1S/C16H26N2O2S2/c1-11(2)7-8-17-21-16-18-15-13(20-4)9-12(19-3)10-14(15)22(16,5)6/h9-11,17H,7-8H2,1-6H3. The Labute approximate surface area is 139 Å². The van der Waals surface area contributed by atoms with Crippen molar-refractivity contribution >= 4 is 32.0 Å². The van der Waals surface area contributed by atoms with Gasteiger partial charge in [-0.25, -0.2) is 4.99 Å². The molecular weight excluding hydrogens is 316 g/mol. The first kappa shape index (κ1) is 17.5. The van der Waals surface area contributed by atoms with Crippen LogP contribution in [0.3, 0.4) is 0 Å². The van der Waals surface area contributed by atoms with E-state index in [1.807, 2.05) is 6.07 Å². The van der Waals surface area contributed by atoms with Crippen molar-refractivity contribution < 1.29 is 9.47 Å². The number of methoxy groups -OCH3 is 2. The van der Waals surface area contributed by atoms with Gasteiger partial charge in [0.05, 0.1) is 14.2 Å². The van der Waals surface area contributed by atoms with Gasteiger partial charge >= 0.3 is 0 Å². The molecule has 0 bridgehead atoms. The van der Waals surface area contributed by atoms with Gasteiger partial charge in [-0.05, 0) is 42.9 Å². The molecule has 0 atom stereocenters. The van der Waals surface area contributed by atoms with E-state index in [0.29, 0.717) is 5.92 Å². The van der Waals surface area contributed by atoms with Crippen molar-refractivity contribution in [3.05, 3.63) is 12.1 Å². The first-order chi connectivity index (χ1) is 10.4. The molecule has 1 heterocycles. The Balaban J connectivity index is 2.21. The summed E-state index contributed by atoms with van der Waals surface area (Å²) in [7, 11) is 2.24. The summed E-state index contributed by atoms with van der Waals surface area (Å²) in [5.41, 5.74) is 0.955. The van der Waals surface area contributed by atoms with E-state index in [4.69, 9.17) is 14.5 Å². The highest BCUT2D eigenvalue weighted by Crippen LogP contribution is 2.64. The number of nitrogens with zero attached hydrogens (tertiary/aromatic N) is 1. The predicted molar refractivity (Wildman–Crippen MR) is 99.4 cm³/mol. The number of ether oxygens (including phenoxy) is 2. The van der Waals surface area contributed by atoms with E-state index in [0.717, 1.165) is 28.1 Å². The van der Waals surface area contributed by atoms with E-state index in [1.165, 1.54) is 11.3 Å². The van der Waals surface area contributed by atoms with Crippen molar-refractivity contribution in [1.82, 2.24) is 4.72 Å². The predicted octanol–water partition coefficient (Wildman–Crippen LogP) is 4.41. The Morgan fingerprint density at radius 3 is 2.55 bits per heavy atom. The quantitative estimate of drug-likeness (QED) is 0.472. The van der Waals surface area contributed by atoms with Crippen LogP contribution in [0.25, 0.3) is 0 Å². The lowest BCUT2D eigenvalue weighted by Gasteiger charge is -2.28. The summed E-state index contributed by atoms with van der Waals surface area (Å²) >= 11 is 1.66. The van der Waals surface area contributed by atoms with E-state index in [1.54, 1.807) is 26.2 Å². The van der Waals surface area contributed by atoms with Gasteiger partial charge in [-0.15, -0.1) is 0 Å². The Bertz CT molecular complexity index is 572. The molecule has 0 amide bonds. The molecule has 0 saturated heterocycles. The molecule has 0 aliphatic carbocycles. The third-order valence-electron chi connectivity index (χ3n) is 3.64. The van der Waals surface area contributed by atoms with Gasteiger partial charge in [-0.1, -0.05) is 13.8 Å². The molecule has 2 rings (SSSR count). The number of hydrogen-bond donors (Lipinski definition) is 1. The molecule has 124 valence electrons. The molecule has 22 heavy (non-hydrogen) atoms. The lowest BCUT2D eigenvalue weighted by atomic mass is 10.1. The maximum absolute atomic E-state index is 5.49. The molecule has 4 nitrogen and oxygen atoms in total. The van der Waals surface area contributed by atoms with E-state index >= 15 is 0 Å². The Hall–Kier alpha value is -0.850. The van der Waals surface area contributed by atoms with Gasteiger partial charge in [0.2, 0.25) is 0 Å². The Kier molecular flexibility index (Phi) is 5.69. The molecule has 0 fully saturated rings. The van der Waals surface area contributed by atoms with Gasteiger partial charge in [-0.2, -0.15) is 10.0 Å². The lowest BCUT2D eigenvalue weighted by Crippen LogP contribution is -2.13. The van der Waals surface area contributed by atoms with Crippen LogP contribution in [0.1, 0.15) is 20.3 Å². The highest BCUT2D eigenvalue weighted by molar-refractivity contribution is 8.57. The monoisotopic (exact) mass is 342 g/mol. The highest BCUT2D eigenvalue weighted by Gasteiger charge is 2.34. The minimum Gasteiger partial charge on any atom is -0.497 e. The van der Waals surface area contributed by atoms with Gasteiger partial charge in [0.25, 0.3) is 0 Å². The van der Waals surface area contributed by atoms with Crippen LogP contribution >= 0.6 is 22.0 Å². The Morgan fingerprint density at radius 2 is 1.95 bits per heavy atom. The molecule has 1 aliphatic heterocycles. The number of aliphatic imine (C=N–C) groups is 1. The molecule has 0 spiro atoms. The normalized spacial score (nSPS) is 17.1. The van der Waals surface area contributed by atoms with Gasteiger partial charge in [-0.3, -0.25) is 4.72 Å². The largest absolute Gasteiger partial charge is 0.497 e. The maximum atomic E-state index is 5.49. The molecule has 0 saturated carbocycles. The minimum absolute atomic E-state index is 0.709. The molecule has 0 aromatic heterocycles. The number of nitrogens with one attached hydrogen (secondary N) is 1. The molecule has 1 aliphatic rings. The second kappa shape index (κ2) is 7.15. The average molecular weight is 343 g/mol. The van der Waals surface area contributed by atoms with Crippen LogP contribution in [0.5, 0.6) is 11.5 Å². The SMILES string of the molecule is COc1cc(OC)c2c(c1)S(C)(C)C(SNCCC(C)C)=N2. The molecule has 1 N–H and O–H groups in total. The van der Waals surface area contributed by atoms with Crippen LogP contribution in [-0.4, -0.2) is 37.7 Å². The maximum Gasteiger partial charge on any atom is 0.149 e. The van der Waals surface area contributed by atoms with E-state index < -0.39 is 10.0 Å². The van der Waals surface area contributed by atoms with Gasteiger partial charge in [0, 0.05) is 17.5 Å². The number of rotatable bonds is 6. The Morgan fingerprint density at radius 1 is 1.23 bits per heavy atom. The fraction of sp³-hybridized carbons (Fsp3) is 0.562. The highest BCUT2D eigenvalue weighted by atomic mass is 32.3. The zero-order chi connectivity index (χ0) is 16.3. The first-order valence-corrected chi connectivity index (χ1v) is 10.6. The van der Waals surface area contributed by atoms with Gasteiger partial charge < -0.3 is 9.47 Å². The summed E-state index contributed by atoms with van der Waals surface area (Å²) in [6.45, 7) is 5.47. The number of fused-ring (bicyclic) bond motifs is 1. The minimum atomic E-state index is -1.12. The van der Waals surface area contributed by atoms with Crippen LogP contribution in [0, 0.1) is 5.92 Å². The van der Waals surface area contributed by atoms with Crippen LogP contribution in [0.4, 0.5) is 5.69 Å². The van der Waals surface area contributed by atoms with Crippen LogP contribution in [-0.2, 0) is 0 Å². The number of benzene rings is 1. The van der Waals surface area contributed by atoms with Gasteiger partial charge in [0.15, 0.2) is 0 Å². The fourth-order valence-electron chi connectivity index (χ4n) is 2.22. The van der Waals surface area contributed by atoms with Crippen molar-refractivity contribution in [2.45, 2.75) is 25.2 Å².